The maximum Gasteiger partial charge on any atom is 0.0940 e. The smallest absolute Gasteiger partial charge is 0.0940 e. The second-order valence-corrected chi connectivity index (χ2v) is 6.14. The summed E-state index contributed by atoms with van der Waals surface area (Å²) in [6.45, 7) is 3.55. The van der Waals surface area contributed by atoms with E-state index < -0.39 is 0 Å². The van der Waals surface area contributed by atoms with E-state index in [4.69, 9.17) is 9.47 Å². The number of nitrogens with one attached hydrogen (secondary N) is 1. The monoisotopic (exact) mass is 259 g/mol. The summed E-state index contributed by atoms with van der Waals surface area (Å²) in [5.74, 6) is 0.680. The summed E-state index contributed by atoms with van der Waals surface area (Å²) in [7, 11) is 0. The molecular weight excluding hydrogens is 238 g/mol. The van der Waals surface area contributed by atoms with Crippen molar-refractivity contribution < 1.29 is 9.47 Å². The SMILES string of the molecule is c1ccc2c(c1)CNC2C1CCOC2(CCOC2)C1. The first kappa shape index (κ1) is 11.9. The van der Waals surface area contributed by atoms with E-state index in [2.05, 4.69) is 29.6 Å². The second-order valence-electron chi connectivity index (χ2n) is 6.14. The Hall–Kier alpha value is -0.900. The summed E-state index contributed by atoms with van der Waals surface area (Å²) in [4.78, 5) is 0. The second kappa shape index (κ2) is 4.58. The van der Waals surface area contributed by atoms with E-state index in [0.717, 1.165) is 45.6 Å². The molecule has 102 valence electrons. The lowest BCUT2D eigenvalue weighted by molar-refractivity contribution is -0.103. The molecule has 0 amide bonds. The normalized spacial score (nSPS) is 37.7. The van der Waals surface area contributed by atoms with Gasteiger partial charge in [-0.05, 0) is 29.9 Å². The number of hydrogen-bond donors (Lipinski definition) is 1. The molecule has 3 aliphatic rings. The maximum absolute atomic E-state index is 6.05. The van der Waals surface area contributed by atoms with Crippen LogP contribution in [0.25, 0.3) is 0 Å². The van der Waals surface area contributed by atoms with Gasteiger partial charge in [0.25, 0.3) is 0 Å². The molecule has 0 bridgehead atoms. The molecule has 1 aromatic rings. The molecule has 3 heterocycles. The van der Waals surface area contributed by atoms with Crippen LogP contribution in [0.4, 0.5) is 0 Å². The van der Waals surface area contributed by atoms with Gasteiger partial charge in [0.15, 0.2) is 0 Å². The predicted molar refractivity (Wildman–Crippen MR) is 72.9 cm³/mol. The molecule has 3 heteroatoms. The highest BCUT2D eigenvalue weighted by Crippen LogP contribution is 2.43. The zero-order valence-corrected chi connectivity index (χ0v) is 11.2. The van der Waals surface area contributed by atoms with Crippen molar-refractivity contribution in [1.82, 2.24) is 5.32 Å². The minimum atomic E-state index is 0.0160. The fourth-order valence-electron chi connectivity index (χ4n) is 3.96. The van der Waals surface area contributed by atoms with E-state index in [1.807, 2.05) is 0 Å². The minimum absolute atomic E-state index is 0.0160. The van der Waals surface area contributed by atoms with Gasteiger partial charge in [0, 0.05) is 32.2 Å². The van der Waals surface area contributed by atoms with E-state index in [1.165, 1.54) is 11.1 Å². The fraction of sp³-hybridized carbons (Fsp3) is 0.625. The zero-order valence-electron chi connectivity index (χ0n) is 11.2. The highest BCUT2D eigenvalue weighted by atomic mass is 16.6. The van der Waals surface area contributed by atoms with Crippen LogP contribution in [0.2, 0.25) is 0 Å². The average molecular weight is 259 g/mol. The Bertz CT molecular complexity index is 468. The first-order valence-electron chi connectivity index (χ1n) is 7.39. The summed E-state index contributed by atoms with van der Waals surface area (Å²) in [5, 5.41) is 3.70. The van der Waals surface area contributed by atoms with E-state index in [0.29, 0.717) is 12.0 Å². The third kappa shape index (κ3) is 2.00. The van der Waals surface area contributed by atoms with Gasteiger partial charge >= 0.3 is 0 Å². The van der Waals surface area contributed by atoms with Gasteiger partial charge in [0.05, 0.1) is 12.2 Å². The fourth-order valence-corrected chi connectivity index (χ4v) is 3.96. The van der Waals surface area contributed by atoms with Crippen molar-refractivity contribution in [2.45, 2.75) is 37.5 Å². The van der Waals surface area contributed by atoms with Crippen molar-refractivity contribution in [2.24, 2.45) is 5.92 Å². The summed E-state index contributed by atoms with van der Waals surface area (Å²) in [5.41, 5.74) is 2.99. The van der Waals surface area contributed by atoms with Crippen molar-refractivity contribution in [2.75, 3.05) is 19.8 Å². The Kier molecular flexibility index (Phi) is 2.87. The van der Waals surface area contributed by atoms with E-state index in [9.17, 15) is 0 Å². The molecule has 2 saturated heterocycles. The molecule has 0 radical (unpaired) electrons. The molecule has 0 saturated carbocycles. The molecule has 2 fully saturated rings. The van der Waals surface area contributed by atoms with E-state index >= 15 is 0 Å². The van der Waals surface area contributed by atoms with Crippen LogP contribution < -0.4 is 5.32 Å². The average Bonchev–Trinajstić information content (AvgIpc) is 3.06. The lowest BCUT2D eigenvalue weighted by Gasteiger charge is -2.39. The molecule has 3 nitrogen and oxygen atoms in total. The Balaban J connectivity index is 1.57. The molecule has 19 heavy (non-hydrogen) atoms. The van der Waals surface area contributed by atoms with E-state index in [-0.39, 0.29) is 5.60 Å². The molecule has 0 aliphatic carbocycles. The Labute approximate surface area is 114 Å². The molecule has 3 atom stereocenters. The molecule has 3 aliphatic heterocycles. The molecule has 1 N–H and O–H groups in total. The van der Waals surface area contributed by atoms with Gasteiger partial charge in [-0.1, -0.05) is 24.3 Å². The minimum Gasteiger partial charge on any atom is -0.378 e. The van der Waals surface area contributed by atoms with Gasteiger partial charge < -0.3 is 14.8 Å². The lowest BCUT2D eigenvalue weighted by Crippen LogP contribution is -2.43. The van der Waals surface area contributed by atoms with Crippen LogP contribution in [0.1, 0.15) is 36.4 Å². The van der Waals surface area contributed by atoms with Crippen molar-refractivity contribution in [3.8, 4) is 0 Å². The largest absolute Gasteiger partial charge is 0.378 e. The predicted octanol–water partition coefficient (Wildman–Crippen LogP) is 2.42. The summed E-state index contributed by atoms with van der Waals surface area (Å²) in [6, 6.07) is 9.34. The molecular formula is C16H21NO2. The maximum atomic E-state index is 6.05. The van der Waals surface area contributed by atoms with Gasteiger partial charge in [-0.25, -0.2) is 0 Å². The Morgan fingerprint density at radius 3 is 3.05 bits per heavy atom. The van der Waals surface area contributed by atoms with Crippen molar-refractivity contribution >= 4 is 0 Å². The van der Waals surface area contributed by atoms with Crippen molar-refractivity contribution in [1.29, 1.82) is 0 Å². The third-order valence-electron chi connectivity index (χ3n) is 4.97. The number of hydrogen-bond acceptors (Lipinski definition) is 3. The Morgan fingerprint density at radius 2 is 2.16 bits per heavy atom. The van der Waals surface area contributed by atoms with Crippen LogP contribution in [0.15, 0.2) is 24.3 Å². The Morgan fingerprint density at radius 1 is 1.21 bits per heavy atom. The summed E-state index contributed by atoms with van der Waals surface area (Å²) >= 11 is 0. The van der Waals surface area contributed by atoms with Gasteiger partial charge in [0.1, 0.15) is 0 Å². The van der Waals surface area contributed by atoms with Crippen LogP contribution in [0.5, 0.6) is 0 Å². The zero-order chi connectivity index (χ0) is 12.7. The number of benzene rings is 1. The van der Waals surface area contributed by atoms with Crippen molar-refractivity contribution in [3.05, 3.63) is 35.4 Å². The molecule has 0 aromatic heterocycles. The number of ether oxygens (including phenoxy) is 2. The van der Waals surface area contributed by atoms with E-state index in [1.54, 1.807) is 0 Å². The first-order chi connectivity index (χ1) is 9.36. The van der Waals surface area contributed by atoms with Gasteiger partial charge in [-0.2, -0.15) is 0 Å². The highest BCUT2D eigenvalue weighted by Gasteiger charge is 2.44. The van der Waals surface area contributed by atoms with Crippen LogP contribution in [0.3, 0.4) is 0 Å². The molecule has 3 unspecified atom stereocenters. The number of fused-ring (bicyclic) bond motifs is 1. The first-order valence-corrected chi connectivity index (χ1v) is 7.39. The van der Waals surface area contributed by atoms with Gasteiger partial charge in [0.2, 0.25) is 0 Å². The topological polar surface area (TPSA) is 30.5 Å². The molecule has 1 aromatic carbocycles. The van der Waals surface area contributed by atoms with Gasteiger partial charge in [-0.15, -0.1) is 0 Å². The standard InChI is InChI=1S/C16H21NO2/c1-2-4-14-13(3-1)10-17-15(14)12-5-7-19-16(9-12)6-8-18-11-16/h1-4,12,15,17H,5-11H2. The van der Waals surface area contributed by atoms with Crippen LogP contribution in [-0.2, 0) is 16.0 Å². The highest BCUT2D eigenvalue weighted by molar-refractivity contribution is 5.34. The lowest BCUT2D eigenvalue weighted by atomic mass is 9.79. The number of rotatable bonds is 1. The summed E-state index contributed by atoms with van der Waals surface area (Å²) in [6.07, 6.45) is 3.37. The van der Waals surface area contributed by atoms with Crippen LogP contribution in [-0.4, -0.2) is 25.4 Å². The van der Waals surface area contributed by atoms with Crippen molar-refractivity contribution in [3.63, 3.8) is 0 Å². The van der Waals surface area contributed by atoms with Crippen LogP contribution in [0, 0.1) is 5.92 Å². The summed E-state index contributed by atoms with van der Waals surface area (Å²) < 4.78 is 11.6. The quantitative estimate of drug-likeness (QED) is 0.840. The third-order valence-corrected chi connectivity index (χ3v) is 4.97. The molecule has 4 rings (SSSR count). The molecule has 1 spiro atoms. The van der Waals surface area contributed by atoms with Crippen LogP contribution >= 0.6 is 0 Å². The van der Waals surface area contributed by atoms with Gasteiger partial charge in [-0.3, -0.25) is 0 Å².